The van der Waals surface area contributed by atoms with E-state index in [2.05, 4.69) is 5.32 Å². The second-order valence-electron chi connectivity index (χ2n) is 6.76. The number of ether oxygens (including phenoxy) is 2. The van der Waals surface area contributed by atoms with Gasteiger partial charge in [-0.1, -0.05) is 6.07 Å². The van der Waals surface area contributed by atoms with Crippen molar-refractivity contribution in [3.8, 4) is 5.75 Å². The fraction of sp³-hybridized carbons (Fsp3) is 0.556. The number of amides is 2. The molecule has 0 saturated heterocycles. The maximum absolute atomic E-state index is 12.1. The zero-order valence-corrected chi connectivity index (χ0v) is 15.4. The molecule has 0 unspecified atom stereocenters. The Morgan fingerprint density at radius 3 is 2.50 bits per heavy atom. The van der Waals surface area contributed by atoms with Crippen molar-refractivity contribution in [1.82, 2.24) is 4.90 Å². The number of carbonyl (C=O) groups is 2. The zero-order valence-electron chi connectivity index (χ0n) is 15.4. The van der Waals surface area contributed by atoms with Crippen molar-refractivity contribution in [3.05, 3.63) is 23.8 Å². The Morgan fingerprint density at radius 2 is 1.92 bits per heavy atom. The van der Waals surface area contributed by atoms with E-state index in [1.165, 1.54) is 4.90 Å². The summed E-state index contributed by atoms with van der Waals surface area (Å²) in [5, 5.41) is 2.84. The highest BCUT2D eigenvalue weighted by molar-refractivity contribution is 5.92. The molecule has 0 radical (unpaired) electrons. The molecule has 134 valence electrons. The molecular weight excluding hydrogens is 308 g/mol. The van der Waals surface area contributed by atoms with Gasteiger partial charge in [-0.25, -0.2) is 4.79 Å². The van der Waals surface area contributed by atoms with E-state index >= 15 is 0 Å². The molecule has 0 aliphatic carbocycles. The van der Waals surface area contributed by atoms with Gasteiger partial charge in [0, 0.05) is 20.0 Å². The van der Waals surface area contributed by atoms with Crippen LogP contribution in [0.4, 0.5) is 10.5 Å². The lowest BCUT2D eigenvalue weighted by Gasteiger charge is -2.24. The number of nitrogens with one attached hydrogen (secondary N) is 1. The standard InChI is InChI=1S/C18H28N2O4/c1-13-9-10-15(23-6)14(12-13)19-16(21)8-7-11-20(5)17(22)24-18(2,3)4/h9-10,12H,7-8,11H2,1-6H3,(H,19,21). The van der Waals surface area contributed by atoms with Gasteiger partial charge in [0.2, 0.25) is 5.91 Å². The first-order valence-electron chi connectivity index (χ1n) is 8.01. The molecule has 0 aromatic heterocycles. The van der Waals surface area contributed by atoms with Crippen LogP contribution in [-0.2, 0) is 9.53 Å². The summed E-state index contributed by atoms with van der Waals surface area (Å²) >= 11 is 0. The predicted molar refractivity (Wildman–Crippen MR) is 94.5 cm³/mol. The third-order valence-corrected chi connectivity index (χ3v) is 3.23. The second-order valence-corrected chi connectivity index (χ2v) is 6.76. The van der Waals surface area contributed by atoms with Gasteiger partial charge in [0.25, 0.3) is 0 Å². The van der Waals surface area contributed by atoms with Crippen molar-refractivity contribution in [3.63, 3.8) is 0 Å². The van der Waals surface area contributed by atoms with Crippen LogP contribution in [0.5, 0.6) is 5.75 Å². The fourth-order valence-corrected chi connectivity index (χ4v) is 2.04. The number of anilines is 1. The second kappa shape index (κ2) is 8.57. The maximum atomic E-state index is 12.1. The van der Waals surface area contributed by atoms with Crippen molar-refractivity contribution >= 4 is 17.7 Å². The molecule has 1 aromatic carbocycles. The predicted octanol–water partition coefficient (Wildman–Crippen LogP) is 3.59. The average molecular weight is 336 g/mol. The number of benzene rings is 1. The molecular formula is C18H28N2O4. The largest absolute Gasteiger partial charge is 0.495 e. The summed E-state index contributed by atoms with van der Waals surface area (Å²) in [5.41, 5.74) is 1.17. The van der Waals surface area contributed by atoms with Crippen LogP contribution in [0, 0.1) is 6.92 Å². The van der Waals surface area contributed by atoms with Crippen LogP contribution in [0.1, 0.15) is 39.2 Å². The van der Waals surface area contributed by atoms with E-state index in [1.807, 2.05) is 45.9 Å². The Labute approximate surface area is 144 Å². The SMILES string of the molecule is COc1ccc(C)cc1NC(=O)CCCN(C)C(=O)OC(C)(C)C. The van der Waals surface area contributed by atoms with Gasteiger partial charge in [-0.05, 0) is 51.8 Å². The molecule has 6 heteroatoms. The van der Waals surface area contributed by atoms with Gasteiger partial charge in [-0.2, -0.15) is 0 Å². The lowest BCUT2D eigenvalue weighted by molar-refractivity contribution is -0.116. The average Bonchev–Trinajstić information content (AvgIpc) is 2.45. The molecule has 0 heterocycles. The Bertz CT molecular complexity index is 579. The monoisotopic (exact) mass is 336 g/mol. The smallest absolute Gasteiger partial charge is 0.410 e. The van der Waals surface area contributed by atoms with Gasteiger partial charge < -0.3 is 19.7 Å². The first kappa shape index (κ1) is 19.8. The highest BCUT2D eigenvalue weighted by atomic mass is 16.6. The number of hydrogen-bond acceptors (Lipinski definition) is 4. The van der Waals surface area contributed by atoms with Gasteiger partial charge in [0.1, 0.15) is 11.4 Å². The van der Waals surface area contributed by atoms with Gasteiger partial charge in [-0.15, -0.1) is 0 Å². The molecule has 24 heavy (non-hydrogen) atoms. The number of hydrogen-bond donors (Lipinski definition) is 1. The van der Waals surface area contributed by atoms with E-state index in [0.29, 0.717) is 30.8 Å². The summed E-state index contributed by atoms with van der Waals surface area (Å²) in [5.74, 6) is 0.510. The fourth-order valence-electron chi connectivity index (χ4n) is 2.04. The molecule has 0 saturated carbocycles. The number of methoxy groups -OCH3 is 1. The summed E-state index contributed by atoms with van der Waals surface area (Å²) in [4.78, 5) is 25.4. The lowest BCUT2D eigenvalue weighted by Crippen LogP contribution is -2.35. The number of rotatable bonds is 6. The Morgan fingerprint density at radius 1 is 1.25 bits per heavy atom. The molecule has 2 amide bonds. The molecule has 1 rings (SSSR count). The van der Waals surface area contributed by atoms with E-state index in [-0.39, 0.29) is 12.0 Å². The number of carbonyl (C=O) groups excluding carboxylic acids is 2. The topological polar surface area (TPSA) is 67.9 Å². The minimum Gasteiger partial charge on any atom is -0.495 e. The van der Waals surface area contributed by atoms with E-state index in [4.69, 9.17) is 9.47 Å². The third-order valence-electron chi connectivity index (χ3n) is 3.23. The van der Waals surface area contributed by atoms with E-state index in [0.717, 1.165) is 5.56 Å². The molecule has 0 aliphatic heterocycles. The molecule has 0 spiro atoms. The van der Waals surface area contributed by atoms with Crippen molar-refractivity contribution in [1.29, 1.82) is 0 Å². The Balaban J connectivity index is 2.44. The minimum atomic E-state index is -0.523. The van der Waals surface area contributed by atoms with Crippen molar-refractivity contribution in [2.24, 2.45) is 0 Å². The van der Waals surface area contributed by atoms with Crippen molar-refractivity contribution < 1.29 is 19.1 Å². The molecule has 1 aromatic rings. The quantitative estimate of drug-likeness (QED) is 0.862. The lowest BCUT2D eigenvalue weighted by atomic mass is 10.2. The van der Waals surface area contributed by atoms with Crippen LogP contribution in [0.3, 0.4) is 0 Å². The van der Waals surface area contributed by atoms with Gasteiger partial charge in [0.15, 0.2) is 0 Å². The normalized spacial score (nSPS) is 10.9. The van der Waals surface area contributed by atoms with Crippen LogP contribution in [0.25, 0.3) is 0 Å². The molecule has 0 atom stereocenters. The zero-order chi connectivity index (χ0) is 18.3. The number of nitrogens with zero attached hydrogens (tertiary/aromatic N) is 1. The summed E-state index contributed by atoms with van der Waals surface area (Å²) < 4.78 is 10.5. The Hall–Kier alpha value is -2.24. The van der Waals surface area contributed by atoms with Crippen LogP contribution in [-0.4, -0.2) is 43.2 Å². The summed E-state index contributed by atoms with van der Waals surface area (Å²) in [6.07, 6.45) is 0.475. The van der Waals surface area contributed by atoms with Crippen molar-refractivity contribution in [2.75, 3.05) is 26.0 Å². The summed E-state index contributed by atoms with van der Waals surface area (Å²) in [6.45, 7) is 7.86. The van der Waals surface area contributed by atoms with E-state index < -0.39 is 5.60 Å². The van der Waals surface area contributed by atoms with Crippen LogP contribution in [0.2, 0.25) is 0 Å². The molecule has 0 aliphatic rings. The highest BCUT2D eigenvalue weighted by Gasteiger charge is 2.19. The van der Waals surface area contributed by atoms with Gasteiger partial charge in [0.05, 0.1) is 12.8 Å². The Kier molecular flexibility index (Phi) is 7.07. The first-order chi connectivity index (χ1) is 11.1. The minimum absolute atomic E-state index is 0.114. The van der Waals surface area contributed by atoms with Gasteiger partial charge in [-0.3, -0.25) is 4.79 Å². The summed E-state index contributed by atoms with van der Waals surface area (Å²) in [7, 11) is 3.23. The molecule has 1 N–H and O–H groups in total. The first-order valence-corrected chi connectivity index (χ1v) is 8.01. The van der Waals surface area contributed by atoms with Gasteiger partial charge >= 0.3 is 6.09 Å². The maximum Gasteiger partial charge on any atom is 0.410 e. The molecule has 0 bridgehead atoms. The van der Waals surface area contributed by atoms with E-state index in [9.17, 15) is 9.59 Å². The van der Waals surface area contributed by atoms with Crippen LogP contribution >= 0.6 is 0 Å². The molecule has 6 nitrogen and oxygen atoms in total. The number of aryl methyl sites for hydroxylation is 1. The van der Waals surface area contributed by atoms with Crippen LogP contribution < -0.4 is 10.1 Å². The third kappa shape index (κ3) is 6.89. The van der Waals surface area contributed by atoms with E-state index in [1.54, 1.807) is 14.2 Å². The van der Waals surface area contributed by atoms with Crippen LogP contribution in [0.15, 0.2) is 18.2 Å². The summed E-state index contributed by atoms with van der Waals surface area (Å²) in [6, 6.07) is 5.61. The molecule has 0 fully saturated rings. The van der Waals surface area contributed by atoms with Crippen molar-refractivity contribution in [2.45, 2.75) is 46.1 Å². The highest BCUT2D eigenvalue weighted by Crippen LogP contribution is 2.25.